The zero-order valence-electron chi connectivity index (χ0n) is 9.45. The third-order valence-electron chi connectivity index (χ3n) is 2.02. The van der Waals surface area contributed by atoms with E-state index < -0.39 is 12.0 Å². The predicted molar refractivity (Wildman–Crippen MR) is 60.5 cm³/mol. The first kappa shape index (κ1) is 14.6. The van der Waals surface area contributed by atoms with Gasteiger partial charge in [-0.15, -0.1) is 0 Å². The molecule has 16 heavy (non-hydrogen) atoms. The summed E-state index contributed by atoms with van der Waals surface area (Å²) in [7, 11) is 0. The van der Waals surface area contributed by atoms with E-state index in [0.717, 1.165) is 12.8 Å². The van der Waals surface area contributed by atoms with Crippen LogP contribution in [0.4, 0.5) is 0 Å². The molecule has 0 saturated carbocycles. The summed E-state index contributed by atoms with van der Waals surface area (Å²) in [5.41, 5.74) is 5.78. The van der Waals surface area contributed by atoms with Gasteiger partial charge >= 0.3 is 5.97 Å². The molecule has 6 heteroatoms. The summed E-state index contributed by atoms with van der Waals surface area (Å²) in [6.07, 6.45) is 1.92. The molecule has 6 nitrogen and oxygen atoms in total. The molecule has 0 aliphatic heterocycles. The summed E-state index contributed by atoms with van der Waals surface area (Å²) >= 11 is 0. The van der Waals surface area contributed by atoms with Gasteiger partial charge in [0, 0.05) is 18.7 Å². The molecule has 0 aliphatic carbocycles. The molecule has 0 aromatic carbocycles. The van der Waals surface area contributed by atoms with E-state index in [2.05, 4.69) is 5.32 Å². The van der Waals surface area contributed by atoms with Crippen molar-refractivity contribution in [1.82, 2.24) is 5.32 Å². The fourth-order valence-corrected chi connectivity index (χ4v) is 1.14. The smallest absolute Gasteiger partial charge is 0.321 e. The third kappa shape index (κ3) is 6.94. The molecule has 0 aromatic heterocycles. The van der Waals surface area contributed by atoms with Crippen molar-refractivity contribution < 1.29 is 14.7 Å². The number of rotatable bonds is 8. The topological polar surface area (TPSA) is 116 Å². The number of nitrogens with one attached hydrogen (secondary N) is 2. The fourth-order valence-electron chi connectivity index (χ4n) is 1.14. The fraction of sp³-hybridized carbons (Fsp3) is 0.700. The van der Waals surface area contributed by atoms with E-state index in [0.29, 0.717) is 18.7 Å². The highest BCUT2D eigenvalue weighted by molar-refractivity contribution is 5.85. The van der Waals surface area contributed by atoms with Gasteiger partial charge in [-0.25, -0.2) is 0 Å². The van der Waals surface area contributed by atoms with Crippen LogP contribution in [0, 0.1) is 5.41 Å². The monoisotopic (exact) mass is 229 g/mol. The molecule has 0 heterocycles. The lowest BCUT2D eigenvalue weighted by Gasteiger charge is -2.08. The zero-order valence-corrected chi connectivity index (χ0v) is 9.45. The molecule has 0 unspecified atom stereocenters. The molecule has 0 radical (unpaired) electrons. The van der Waals surface area contributed by atoms with Crippen LogP contribution >= 0.6 is 0 Å². The van der Waals surface area contributed by atoms with Crippen LogP contribution in [0.15, 0.2) is 0 Å². The second-order valence-electron chi connectivity index (χ2n) is 3.60. The first-order valence-corrected chi connectivity index (χ1v) is 5.28. The highest BCUT2D eigenvalue weighted by Crippen LogP contribution is 1.94. The van der Waals surface area contributed by atoms with E-state index in [1.54, 1.807) is 0 Å². The standard InChI is InChI=1S/C10H19N3O3/c1-2-3-7(11)4-5-13-9(14)6-8(12)10(15)16/h8,11H,2-6,12H2,1H3,(H,13,14)(H,15,16)/t8-/m0/s1. The molecule has 5 N–H and O–H groups in total. The molecule has 1 amide bonds. The van der Waals surface area contributed by atoms with Crippen molar-refractivity contribution in [2.75, 3.05) is 6.54 Å². The number of hydrogen-bond acceptors (Lipinski definition) is 4. The molecular weight excluding hydrogens is 210 g/mol. The van der Waals surface area contributed by atoms with Gasteiger partial charge in [-0.05, 0) is 6.42 Å². The van der Waals surface area contributed by atoms with Crippen LogP contribution in [0.2, 0.25) is 0 Å². The van der Waals surface area contributed by atoms with E-state index in [1.807, 2.05) is 6.92 Å². The highest BCUT2D eigenvalue weighted by Gasteiger charge is 2.15. The minimum Gasteiger partial charge on any atom is -0.480 e. The van der Waals surface area contributed by atoms with E-state index in [9.17, 15) is 9.59 Å². The van der Waals surface area contributed by atoms with Crippen LogP contribution in [-0.4, -0.2) is 35.3 Å². The lowest BCUT2D eigenvalue weighted by molar-refractivity contribution is -0.140. The van der Waals surface area contributed by atoms with Crippen molar-refractivity contribution in [1.29, 1.82) is 5.41 Å². The van der Waals surface area contributed by atoms with E-state index in [4.69, 9.17) is 16.2 Å². The first-order valence-electron chi connectivity index (χ1n) is 5.28. The SMILES string of the molecule is CCCC(=N)CCNC(=O)C[C@H](N)C(=O)O. The average molecular weight is 229 g/mol. The summed E-state index contributed by atoms with van der Waals surface area (Å²) in [6, 6.07) is -1.16. The number of hydrogen-bond donors (Lipinski definition) is 4. The van der Waals surface area contributed by atoms with Crippen LogP contribution in [0.3, 0.4) is 0 Å². The van der Waals surface area contributed by atoms with Gasteiger partial charge in [-0.3, -0.25) is 9.59 Å². The maximum atomic E-state index is 11.2. The summed E-state index contributed by atoms with van der Waals surface area (Å²) in [5, 5.41) is 18.5. The van der Waals surface area contributed by atoms with Crippen LogP contribution in [0.25, 0.3) is 0 Å². The van der Waals surface area contributed by atoms with Gasteiger partial charge < -0.3 is 21.6 Å². The Bertz CT molecular complexity index is 266. The molecular formula is C10H19N3O3. The van der Waals surface area contributed by atoms with E-state index in [-0.39, 0.29) is 12.3 Å². The lowest BCUT2D eigenvalue weighted by Crippen LogP contribution is -2.37. The Morgan fingerprint density at radius 3 is 2.56 bits per heavy atom. The zero-order chi connectivity index (χ0) is 12.6. The van der Waals surface area contributed by atoms with Crippen LogP contribution in [0.1, 0.15) is 32.6 Å². The Kier molecular flexibility index (Phi) is 7.11. The summed E-state index contributed by atoms with van der Waals surface area (Å²) in [5.74, 6) is -1.58. The molecule has 0 fully saturated rings. The van der Waals surface area contributed by atoms with Crippen molar-refractivity contribution in [3.63, 3.8) is 0 Å². The van der Waals surface area contributed by atoms with Gasteiger partial charge in [-0.1, -0.05) is 13.3 Å². The Morgan fingerprint density at radius 2 is 2.06 bits per heavy atom. The molecule has 92 valence electrons. The normalized spacial score (nSPS) is 11.9. The van der Waals surface area contributed by atoms with Gasteiger partial charge in [0.15, 0.2) is 0 Å². The van der Waals surface area contributed by atoms with Crippen LogP contribution < -0.4 is 11.1 Å². The molecule has 1 atom stereocenters. The number of amides is 1. The van der Waals surface area contributed by atoms with E-state index >= 15 is 0 Å². The van der Waals surface area contributed by atoms with Crippen molar-refractivity contribution >= 4 is 17.6 Å². The number of carboxylic acids is 1. The summed E-state index contributed by atoms with van der Waals surface area (Å²) in [4.78, 5) is 21.5. The summed E-state index contributed by atoms with van der Waals surface area (Å²) in [6.45, 7) is 2.35. The van der Waals surface area contributed by atoms with Crippen molar-refractivity contribution in [2.24, 2.45) is 5.73 Å². The number of carbonyl (C=O) groups excluding carboxylic acids is 1. The highest BCUT2D eigenvalue weighted by atomic mass is 16.4. The Morgan fingerprint density at radius 1 is 1.44 bits per heavy atom. The number of nitrogens with two attached hydrogens (primary N) is 1. The van der Waals surface area contributed by atoms with Gasteiger partial charge in [0.2, 0.25) is 5.91 Å². The van der Waals surface area contributed by atoms with Crippen molar-refractivity contribution in [3.8, 4) is 0 Å². The van der Waals surface area contributed by atoms with Gasteiger partial charge in [0.05, 0.1) is 6.42 Å². The van der Waals surface area contributed by atoms with E-state index in [1.165, 1.54) is 0 Å². The summed E-state index contributed by atoms with van der Waals surface area (Å²) < 4.78 is 0. The number of aliphatic carboxylic acids is 1. The third-order valence-corrected chi connectivity index (χ3v) is 2.02. The molecule has 0 spiro atoms. The van der Waals surface area contributed by atoms with Crippen LogP contribution in [-0.2, 0) is 9.59 Å². The van der Waals surface area contributed by atoms with Gasteiger partial charge in [0.25, 0.3) is 0 Å². The molecule has 0 bridgehead atoms. The maximum Gasteiger partial charge on any atom is 0.321 e. The second-order valence-corrected chi connectivity index (χ2v) is 3.60. The lowest BCUT2D eigenvalue weighted by atomic mass is 10.1. The van der Waals surface area contributed by atoms with Crippen molar-refractivity contribution in [2.45, 2.75) is 38.6 Å². The minimum atomic E-state index is -1.19. The molecule has 0 aromatic rings. The molecule has 0 saturated heterocycles. The predicted octanol–water partition coefficient (Wildman–Crippen LogP) is 0.115. The number of carboxylic acid groups (broad SMARTS) is 1. The second kappa shape index (κ2) is 7.81. The Balaban J connectivity index is 3.66. The quantitative estimate of drug-likeness (QED) is 0.442. The molecule has 0 rings (SSSR count). The Labute approximate surface area is 94.7 Å². The van der Waals surface area contributed by atoms with Gasteiger partial charge in [0.1, 0.15) is 6.04 Å². The molecule has 0 aliphatic rings. The van der Waals surface area contributed by atoms with Crippen LogP contribution in [0.5, 0.6) is 0 Å². The number of carbonyl (C=O) groups is 2. The van der Waals surface area contributed by atoms with Crippen molar-refractivity contribution in [3.05, 3.63) is 0 Å². The average Bonchev–Trinajstić information content (AvgIpc) is 2.17. The minimum absolute atomic E-state index is 0.226. The Hall–Kier alpha value is -1.43. The first-order chi connectivity index (χ1) is 7.47. The maximum absolute atomic E-state index is 11.2. The largest absolute Gasteiger partial charge is 0.480 e. The van der Waals surface area contributed by atoms with Gasteiger partial charge in [-0.2, -0.15) is 0 Å².